The highest BCUT2D eigenvalue weighted by molar-refractivity contribution is 7.96. The minimum atomic E-state index is -4.73. The van der Waals surface area contributed by atoms with E-state index in [1.54, 1.807) is 10.9 Å². The third-order valence-electron chi connectivity index (χ3n) is 5.72. The van der Waals surface area contributed by atoms with Crippen LogP contribution in [0.15, 0.2) is 71.1 Å². The van der Waals surface area contributed by atoms with Crippen LogP contribution in [-0.2, 0) is 13.6 Å². The minimum absolute atomic E-state index is 0.277. The number of aryl methyl sites for hydroxylation is 1. The van der Waals surface area contributed by atoms with E-state index in [-0.39, 0.29) is 17.7 Å². The van der Waals surface area contributed by atoms with E-state index < -0.39 is 6.36 Å². The number of halogens is 3. The number of carbonyl (C=O) groups is 1. The van der Waals surface area contributed by atoms with Gasteiger partial charge in [-0.2, -0.15) is 5.10 Å². The first-order chi connectivity index (χ1) is 18.6. The second-order valence-corrected chi connectivity index (χ2v) is 9.49. The lowest BCUT2D eigenvalue weighted by Gasteiger charge is -2.13. The molecule has 4 rings (SSSR count). The van der Waals surface area contributed by atoms with Crippen LogP contribution in [0.4, 0.5) is 29.3 Å². The Morgan fingerprint density at radius 3 is 2.59 bits per heavy atom. The van der Waals surface area contributed by atoms with Gasteiger partial charge in [-0.3, -0.25) is 9.40 Å². The SMILES string of the molecule is CC(C)c1ccccc1NC(=O)NSN=Cc1ccc2c(CNc3ccc(OC(F)(F)F)cc3)nn(C)c2c1. The molecule has 3 aromatic carbocycles. The fraction of sp³-hybridized carbons (Fsp3) is 0.222. The largest absolute Gasteiger partial charge is 0.573 e. The third kappa shape index (κ3) is 7.66. The molecule has 204 valence electrons. The topological polar surface area (TPSA) is 92.6 Å². The summed E-state index contributed by atoms with van der Waals surface area (Å²) in [6.45, 7) is 4.50. The summed E-state index contributed by atoms with van der Waals surface area (Å²) in [6, 6.07) is 18.5. The normalized spacial score (nSPS) is 11.8. The Bertz CT molecular complexity index is 1470. The molecule has 0 fully saturated rings. The molecule has 0 atom stereocenters. The summed E-state index contributed by atoms with van der Waals surface area (Å²) in [6.07, 6.45) is -3.09. The molecule has 3 N–H and O–H groups in total. The van der Waals surface area contributed by atoms with Crippen LogP contribution in [0.1, 0.15) is 36.6 Å². The summed E-state index contributed by atoms with van der Waals surface area (Å²) < 4.78 is 49.5. The van der Waals surface area contributed by atoms with Gasteiger partial charge in [-0.25, -0.2) is 9.19 Å². The predicted molar refractivity (Wildman–Crippen MR) is 149 cm³/mol. The molecule has 0 bridgehead atoms. The molecule has 8 nitrogen and oxygen atoms in total. The van der Waals surface area contributed by atoms with Gasteiger partial charge in [0.25, 0.3) is 0 Å². The van der Waals surface area contributed by atoms with Crippen molar-refractivity contribution in [2.75, 3.05) is 10.6 Å². The van der Waals surface area contributed by atoms with Crippen LogP contribution in [0.5, 0.6) is 5.75 Å². The van der Waals surface area contributed by atoms with Crippen molar-refractivity contribution in [1.29, 1.82) is 0 Å². The number of nitrogens with zero attached hydrogens (tertiary/aromatic N) is 3. The molecule has 1 aromatic heterocycles. The van der Waals surface area contributed by atoms with Gasteiger partial charge < -0.3 is 15.4 Å². The number of hydrogen-bond acceptors (Lipinski definition) is 6. The molecular formula is C27H27F3N6O2S. The van der Waals surface area contributed by atoms with Gasteiger partial charge >= 0.3 is 12.4 Å². The maximum Gasteiger partial charge on any atom is 0.573 e. The number of nitrogens with one attached hydrogen (secondary N) is 3. The third-order valence-corrected chi connectivity index (χ3v) is 6.21. The van der Waals surface area contributed by atoms with Crippen molar-refractivity contribution in [3.05, 3.63) is 83.6 Å². The minimum Gasteiger partial charge on any atom is -0.406 e. The van der Waals surface area contributed by atoms with Crippen molar-refractivity contribution in [3.8, 4) is 5.75 Å². The van der Waals surface area contributed by atoms with Crippen LogP contribution in [0.3, 0.4) is 0 Å². The molecule has 2 amide bonds. The average Bonchev–Trinajstić information content (AvgIpc) is 3.20. The number of para-hydroxylation sites is 1. The zero-order chi connectivity index (χ0) is 28.0. The second kappa shape index (κ2) is 12.1. The highest BCUT2D eigenvalue weighted by atomic mass is 32.2. The maximum absolute atomic E-state index is 12.3. The number of benzene rings is 3. The molecule has 0 saturated heterocycles. The summed E-state index contributed by atoms with van der Waals surface area (Å²) in [7, 11) is 1.83. The number of anilines is 2. The van der Waals surface area contributed by atoms with Crippen LogP contribution >= 0.6 is 12.1 Å². The molecule has 0 radical (unpaired) electrons. The van der Waals surface area contributed by atoms with Crippen LogP contribution < -0.4 is 20.1 Å². The zero-order valence-corrected chi connectivity index (χ0v) is 22.2. The van der Waals surface area contributed by atoms with Crippen molar-refractivity contribution in [3.63, 3.8) is 0 Å². The molecule has 0 aliphatic heterocycles. The summed E-state index contributed by atoms with van der Waals surface area (Å²) in [5.74, 6) is -0.00495. The first-order valence-electron chi connectivity index (χ1n) is 12.0. The van der Waals surface area contributed by atoms with Crippen molar-refractivity contribution in [2.24, 2.45) is 11.4 Å². The van der Waals surface area contributed by atoms with E-state index in [2.05, 4.69) is 43.4 Å². The zero-order valence-electron chi connectivity index (χ0n) is 21.4. The first-order valence-corrected chi connectivity index (χ1v) is 12.8. The molecule has 12 heteroatoms. The van der Waals surface area contributed by atoms with E-state index in [1.807, 2.05) is 49.5 Å². The van der Waals surface area contributed by atoms with Gasteiger partial charge in [0.2, 0.25) is 0 Å². The molecule has 0 aliphatic carbocycles. The van der Waals surface area contributed by atoms with Gasteiger partial charge in [-0.1, -0.05) is 44.2 Å². The van der Waals surface area contributed by atoms with Crippen molar-refractivity contribution in [2.45, 2.75) is 32.7 Å². The van der Waals surface area contributed by atoms with E-state index in [0.29, 0.717) is 12.2 Å². The second-order valence-electron chi connectivity index (χ2n) is 8.90. The number of carbonyl (C=O) groups excluding carboxylic acids is 1. The number of ether oxygens (including phenoxy) is 1. The summed E-state index contributed by atoms with van der Waals surface area (Å²) >= 11 is 0.918. The van der Waals surface area contributed by atoms with Crippen LogP contribution in [0.2, 0.25) is 0 Å². The van der Waals surface area contributed by atoms with Gasteiger partial charge in [0, 0.05) is 30.0 Å². The van der Waals surface area contributed by atoms with Gasteiger partial charge in [0.15, 0.2) is 0 Å². The fourth-order valence-electron chi connectivity index (χ4n) is 3.94. The lowest BCUT2D eigenvalue weighted by molar-refractivity contribution is -0.274. The Morgan fingerprint density at radius 1 is 1.13 bits per heavy atom. The Labute approximate surface area is 227 Å². The molecule has 0 aliphatic rings. The predicted octanol–water partition coefficient (Wildman–Crippen LogP) is 7.01. The van der Waals surface area contributed by atoms with Gasteiger partial charge in [0.05, 0.1) is 29.9 Å². The molecule has 0 saturated carbocycles. The maximum atomic E-state index is 12.3. The Morgan fingerprint density at radius 2 is 1.87 bits per heavy atom. The van der Waals surface area contributed by atoms with Crippen molar-refractivity contribution < 1.29 is 22.7 Å². The van der Waals surface area contributed by atoms with Gasteiger partial charge in [0.1, 0.15) is 5.75 Å². The van der Waals surface area contributed by atoms with E-state index >= 15 is 0 Å². The molecule has 0 spiro atoms. The standard InChI is InChI=1S/C27H27F3N6O2S/c1-17(2)21-6-4-5-7-23(21)33-26(37)35-39-32-15-18-8-13-22-24(34-36(3)25(22)14-18)16-31-19-9-11-20(12-10-19)38-27(28,29)30/h4-15,17,31H,16H2,1-3H3,(H2,33,35,37). The number of fused-ring (bicyclic) bond motifs is 1. The number of urea groups is 1. The van der Waals surface area contributed by atoms with Gasteiger partial charge in [-0.15, -0.1) is 13.2 Å². The highest BCUT2D eigenvalue weighted by Crippen LogP contribution is 2.26. The van der Waals surface area contributed by atoms with E-state index in [0.717, 1.165) is 45.5 Å². The summed E-state index contributed by atoms with van der Waals surface area (Å²) in [5, 5.41) is 11.5. The molecular weight excluding hydrogens is 529 g/mol. The smallest absolute Gasteiger partial charge is 0.406 e. The number of amides is 2. The van der Waals surface area contributed by atoms with E-state index in [9.17, 15) is 18.0 Å². The van der Waals surface area contributed by atoms with Crippen LogP contribution in [0.25, 0.3) is 10.9 Å². The van der Waals surface area contributed by atoms with Crippen molar-refractivity contribution >= 4 is 46.7 Å². The molecule has 4 aromatic rings. The molecule has 39 heavy (non-hydrogen) atoms. The lowest BCUT2D eigenvalue weighted by atomic mass is 10.0. The van der Waals surface area contributed by atoms with Crippen LogP contribution in [0, 0.1) is 0 Å². The average molecular weight is 557 g/mol. The quantitative estimate of drug-likeness (QED) is 0.152. The first kappa shape index (κ1) is 27.8. The van der Waals surface area contributed by atoms with Crippen molar-refractivity contribution in [1.82, 2.24) is 14.5 Å². The molecule has 0 unspecified atom stereocenters. The van der Waals surface area contributed by atoms with Crippen LogP contribution in [-0.4, -0.2) is 28.4 Å². The lowest BCUT2D eigenvalue weighted by Crippen LogP contribution is -2.23. The monoisotopic (exact) mass is 556 g/mol. The van der Waals surface area contributed by atoms with E-state index in [1.165, 1.54) is 24.3 Å². The summed E-state index contributed by atoms with van der Waals surface area (Å²) in [4.78, 5) is 12.3. The summed E-state index contributed by atoms with van der Waals surface area (Å²) in [5.41, 5.74) is 4.92. The number of hydrogen-bond donors (Lipinski definition) is 3. The highest BCUT2D eigenvalue weighted by Gasteiger charge is 2.30. The number of alkyl halides is 3. The molecule has 1 heterocycles. The Kier molecular flexibility index (Phi) is 8.65. The number of rotatable bonds is 9. The Balaban J connectivity index is 1.33. The Hall–Kier alpha value is -4.19. The number of aromatic nitrogens is 2. The fourth-order valence-corrected chi connectivity index (χ4v) is 4.30. The van der Waals surface area contributed by atoms with Gasteiger partial charge in [-0.05, 0) is 53.4 Å². The van der Waals surface area contributed by atoms with E-state index in [4.69, 9.17) is 0 Å².